The van der Waals surface area contributed by atoms with Crippen molar-refractivity contribution in [2.75, 3.05) is 31.1 Å². The zero-order valence-electron chi connectivity index (χ0n) is 13.0. The Balaban J connectivity index is 1.64. The van der Waals surface area contributed by atoms with Crippen LogP contribution in [0.3, 0.4) is 0 Å². The van der Waals surface area contributed by atoms with Gasteiger partial charge in [-0.2, -0.15) is 18.3 Å². The molecular weight excluding hydrogens is 317 g/mol. The van der Waals surface area contributed by atoms with Crippen molar-refractivity contribution in [1.29, 1.82) is 0 Å². The summed E-state index contributed by atoms with van der Waals surface area (Å²) in [6.45, 7) is 2.85. The van der Waals surface area contributed by atoms with Gasteiger partial charge in [0.15, 0.2) is 0 Å². The maximum absolute atomic E-state index is 13.0. The number of nitrogens with one attached hydrogen (secondary N) is 1. The minimum Gasteiger partial charge on any atom is -0.289 e. The number of rotatable bonds is 3. The highest BCUT2D eigenvalue weighted by molar-refractivity contribution is 5.81. The minimum absolute atomic E-state index is 0.0869. The molecule has 0 aliphatic carbocycles. The van der Waals surface area contributed by atoms with Crippen LogP contribution in [0.25, 0.3) is 0 Å². The topological polar surface area (TPSA) is 33.0 Å². The Hall–Kier alpha value is -2.57. The van der Waals surface area contributed by atoms with E-state index in [1.807, 2.05) is 24.4 Å². The summed E-state index contributed by atoms with van der Waals surface area (Å²) in [6, 6.07) is 11.4. The number of anilines is 1. The Morgan fingerprint density at radius 2 is 1.67 bits per heavy atom. The number of aromatic nitrogens is 1. The van der Waals surface area contributed by atoms with E-state index in [1.54, 1.807) is 11.1 Å². The van der Waals surface area contributed by atoms with E-state index in [4.69, 9.17) is 0 Å². The second-order valence-electron chi connectivity index (χ2n) is 5.52. The number of benzene rings is 1. The van der Waals surface area contributed by atoms with Crippen molar-refractivity contribution >= 4 is 12.0 Å². The molecule has 2 heterocycles. The molecule has 0 spiro atoms. The van der Waals surface area contributed by atoms with Crippen LogP contribution in [-0.4, -0.2) is 37.4 Å². The lowest BCUT2D eigenvalue weighted by Crippen LogP contribution is -2.45. The van der Waals surface area contributed by atoms with Gasteiger partial charge >= 0.3 is 6.18 Å². The largest absolute Gasteiger partial charge is 0.417 e. The molecule has 0 unspecified atom stereocenters. The zero-order chi connectivity index (χ0) is 17.0. The van der Waals surface area contributed by atoms with E-state index < -0.39 is 11.7 Å². The van der Waals surface area contributed by atoms with Gasteiger partial charge < -0.3 is 0 Å². The smallest absolute Gasteiger partial charge is 0.289 e. The van der Waals surface area contributed by atoms with E-state index in [0.29, 0.717) is 13.1 Å². The van der Waals surface area contributed by atoms with Crippen molar-refractivity contribution in [2.24, 2.45) is 5.10 Å². The number of hydrogen-bond acceptors (Lipinski definition) is 3. The van der Waals surface area contributed by atoms with Gasteiger partial charge in [-0.3, -0.25) is 9.91 Å². The normalized spacial score (nSPS) is 16.0. The van der Waals surface area contributed by atoms with E-state index in [1.165, 1.54) is 18.3 Å². The lowest BCUT2D eigenvalue weighted by atomic mass is 10.1. The number of halogens is 3. The third-order valence-electron chi connectivity index (χ3n) is 3.92. The molecule has 7 heteroatoms. The molecule has 0 bridgehead atoms. The van der Waals surface area contributed by atoms with Crippen LogP contribution < -0.4 is 9.88 Å². The van der Waals surface area contributed by atoms with Gasteiger partial charge in [-0.15, -0.1) is 0 Å². The van der Waals surface area contributed by atoms with Gasteiger partial charge in [-0.25, -0.2) is 4.98 Å². The molecule has 1 aromatic carbocycles. The Labute approximate surface area is 138 Å². The first-order chi connectivity index (χ1) is 11.5. The van der Waals surface area contributed by atoms with Gasteiger partial charge in [0.1, 0.15) is 13.1 Å². The first kappa shape index (κ1) is 16.3. The second-order valence-corrected chi connectivity index (χ2v) is 5.52. The molecular formula is C17H18F3N4+. The number of piperazine rings is 1. The van der Waals surface area contributed by atoms with Crippen molar-refractivity contribution in [3.8, 4) is 0 Å². The van der Waals surface area contributed by atoms with Gasteiger partial charge in [0.25, 0.3) is 5.82 Å². The molecule has 1 saturated heterocycles. The Bertz CT molecular complexity index is 692. The molecule has 1 fully saturated rings. The number of hydrazone groups is 1. The predicted molar refractivity (Wildman–Crippen MR) is 85.8 cm³/mol. The number of H-pyrrole nitrogens is 1. The van der Waals surface area contributed by atoms with Crippen LogP contribution in [0.1, 0.15) is 11.1 Å². The number of nitrogens with zero attached hydrogens (tertiary/aromatic N) is 3. The molecule has 24 heavy (non-hydrogen) atoms. The summed E-state index contributed by atoms with van der Waals surface area (Å²) < 4.78 is 38.9. The summed E-state index contributed by atoms with van der Waals surface area (Å²) in [5, 5.41) is 6.03. The summed E-state index contributed by atoms with van der Waals surface area (Å²) in [5.41, 5.74) is -0.574. The molecule has 1 N–H and O–H groups in total. The minimum atomic E-state index is -4.37. The first-order valence-electron chi connectivity index (χ1n) is 7.71. The van der Waals surface area contributed by atoms with Gasteiger partial charge in [0.2, 0.25) is 0 Å². The Morgan fingerprint density at radius 1 is 0.958 bits per heavy atom. The highest BCUT2D eigenvalue weighted by Crippen LogP contribution is 2.31. The van der Waals surface area contributed by atoms with Crippen molar-refractivity contribution < 1.29 is 18.2 Å². The van der Waals surface area contributed by atoms with Gasteiger partial charge in [-0.05, 0) is 12.1 Å². The molecule has 0 saturated carbocycles. The van der Waals surface area contributed by atoms with E-state index in [2.05, 4.69) is 15.0 Å². The fraction of sp³-hybridized carbons (Fsp3) is 0.294. The number of hydrogen-bond donors (Lipinski definition) is 0. The van der Waals surface area contributed by atoms with Gasteiger partial charge in [-0.1, -0.05) is 24.3 Å². The summed E-state index contributed by atoms with van der Waals surface area (Å²) in [4.78, 5) is 5.37. The summed E-state index contributed by atoms with van der Waals surface area (Å²) in [7, 11) is 0. The average molecular weight is 335 g/mol. The van der Waals surface area contributed by atoms with Crippen LogP contribution in [0.2, 0.25) is 0 Å². The van der Waals surface area contributed by atoms with Crippen molar-refractivity contribution in [2.45, 2.75) is 6.18 Å². The first-order valence-corrected chi connectivity index (χ1v) is 7.71. The molecule has 126 valence electrons. The molecule has 4 nitrogen and oxygen atoms in total. The molecule has 1 aliphatic rings. The fourth-order valence-electron chi connectivity index (χ4n) is 2.64. The molecule has 2 aromatic rings. The maximum Gasteiger partial charge on any atom is 0.417 e. The average Bonchev–Trinajstić information content (AvgIpc) is 2.61. The summed E-state index contributed by atoms with van der Waals surface area (Å²) in [5.74, 6) is 1.03. The molecule has 1 aliphatic heterocycles. The summed E-state index contributed by atoms with van der Waals surface area (Å²) >= 11 is 0. The molecule has 0 radical (unpaired) electrons. The van der Waals surface area contributed by atoms with E-state index >= 15 is 0 Å². The molecule has 0 amide bonds. The van der Waals surface area contributed by atoms with E-state index in [-0.39, 0.29) is 5.56 Å². The van der Waals surface area contributed by atoms with Crippen LogP contribution in [-0.2, 0) is 6.18 Å². The highest BCUT2D eigenvalue weighted by atomic mass is 19.4. The van der Waals surface area contributed by atoms with Crippen LogP contribution in [0.15, 0.2) is 53.8 Å². The second kappa shape index (κ2) is 6.90. The molecule has 0 atom stereocenters. The quantitative estimate of drug-likeness (QED) is 0.808. The Morgan fingerprint density at radius 3 is 2.33 bits per heavy atom. The van der Waals surface area contributed by atoms with Crippen molar-refractivity contribution in [3.63, 3.8) is 0 Å². The highest BCUT2D eigenvalue weighted by Gasteiger charge is 2.32. The predicted octanol–water partition coefficient (Wildman–Crippen LogP) is 2.68. The van der Waals surface area contributed by atoms with E-state index in [0.717, 1.165) is 25.0 Å². The maximum atomic E-state index is 13.0. The monoisotopic (exact) mass is 335 g/mol. The van der Waals surface area contributed by atoms with Crippen molar-refractivity contribution in [3.05, 3.63) is 59.8 Å². The van der Waals surface area contributed by atoms with Crippen LogP contribution >= 0.6 is 0 Å². The van der Waals surface area contributed by atoms with E-state index in [9.17, 15) is 13.2 Å². The van der Waals surface area contributed by atoms with Crippen LogP contribution in [0.4, 0.5) is 19.0 Å². The standard InChI is InChI=1S/C17H17F3N4/c18-17(19,20)15-6-2-1-5-14(15)13-22-24-11-9-23(10-12-24)16-7-3-4-8-21-16/h1-8,13H,9-12H2/p+1/b22-13-. The fourth-order valence-corrected chi connectivity index (χ4v) is 2.64. The lowest BCUT2D eigenvalue weighted by molar-refractivity contribution is -0.364. The van der Waals surface area contributed by atoms with Crippen LogP contribution in [0.5, 0.6) is 0 Å². The SMILES string of the molecule is FC(F)(F)c1ccccc1/C=N\N1CCN(c2cccc[nH+]2)CC1. The van der Waals surface area contributed by atoms with Gasteiger partial charge in [0.05, 0.1) is 31.1 Å². The molecule has 3 rings (SSSR count). The van der Waals surface area contributed by atoms with Crippen molar-refractivity contribution in [1.82, 2.24) is 5.01 Å². The lowest BCUT2D eigenvalue weighted by Gasteiger charge is -2.28. The van der Waals surface area contributed by atoms with Crippen LogP contribution in [0, 0.1) is 0 Å². The summed E-state index contributed by atoms with van der Waals surface area (Å²) in [6.07, 6.45) is -1.20. The van der Waals surface area contributed by atoms with Gasteiger partial charge in [0, 0.05) is 11.6 Å². The third-order valence-corrected chi connectivity index (χ3v) is 3.92. The number of pyridine rings is 1. The molecule has 1 aromatic heterocycles. The number of alkyl halides is 3. The Kier molecular flexibility index (Phi) is 4.69. The number of aromatic amines is 1. The zero-order valence-corrected chi connectivity index (χ0v) is 13.0. The third kappa shape index (κ3) is 3.84.